The molecule has 1 aromatic carbocycles. The summed E-state index contributed by atoms with van der Waals surface area (Å²) in [5, 5.41) is 4.43. The van der Waals surface area contributed by atoms with Crippen molar-refractivity contribution >= 4 is 5.82 Å². The molecule has 0 bridgehead atoms. The molecule has 7 nitrogen and oxygen atoms in total. The average Bonchev–Trinajstić information content (AvgIpc) is 3.12. The van der Waals surface area contributed by atoms with Crippen molar-refractivity contribution in [2.75, 3.05) is 31.8 Å². The Morgan fingerprint density at radius 3 is 2.60 bits per heavy atom. The number of rotatable bonds is 7. The maximum atomic E-state index is 5.74. The van der Waals surface area contributed by atoms with Crippen molar-refractivity contribution in [1.82, 2.24) is 19.7 Å². The summed E-state index contributed by atoms with van der Waals surface area (Å²) in [6.07, 6.45) is 5.69. The summed E-state index contributed by atoms with van der Waals surface area (Å²) < 4.78 is 13.0. The zero-order valence-corrected chi connectivity index (χ0v) is 18.0. The first kappa shape index (κ1) is 20.3. The summed E-state index contributed by atoms with van der Waals surface area (Å²) in [4.78, 5) is 12.3. The van der Waals surface area contributed by atoms with Crippen molar-refractivity contribution in [2.45, 2.75) is 39.8 Å². The number of ether oxygens (including phenoxy) is 2. The second kappa shape index (κ2) is 9.26. The number of benzene rings is 1. The second-order valence-electron chi connectivity index (χ2n) is 7.36. The van der Waals surface area contributed by atoms with Crippen LogP contribution in [-0.4, -0.2) is 46.6 Å². The lowest BCUT2D eigenvalue weighted by atomic mass is 10.1. The summed E-state index contributed by atoms with van der Waals surface area (Å²) in [5.41, 5.74) is 4.46. The Labute approximate surface area is 177 Å². The number of hydrogen-bond acceptors (Lipinski definition) is 6. The Morgan fingerprint density at radius 1 is 1.10 bits per heavy atom. The Hall–Kier alpha value is -2.93. The predicted molar refractivity (Wildman–Crippen MR) is 117 cm³/mol. The number of aromatic nitrogens is 4. The predicted octanol–water partition coefficient (Wildman–Crippen LogP) is 3.51. The van der Waals surface area contributed by atoms with E-state index < -0.39 is 0 Å². The molecule has 0 unspecified atom stereocenters. The van der Waals surface area contributed by atoms with Crippen molar-refractivity contribution < 1.29 is 9.47 Å². The van der Waals surface area contributed by atoms with Crippen LogP contribution in [0.5, 0.6) is 5.75 Å². The molecule has 30 heavy (non-hydrogen) atoms. The molecule has 2 aromatic heterocycles. The minimum absolute atomic E-state index is 0.695. The van der Waals surface area contributed by atoms with Gasteiger partial charge in [-0.05, 0) is 38.1 Å². The summed E-state index contributed by atoms with van der Waals surface area (Å²) in [6, 6.07) is 7.92. The average molecular weight is 408 g/mol. The molecule has 1 aliphatic rings. The first-order valence-electron chi connectivity index (χ1n) is 10.6. The fraction of sp³-hybridized carbons (Fsp3) is 0.435. The van der Waals surface area contributed by atoms with Gasteiger partial charge in [-0.3, -0.25) is 4.68 Å². The standard InChI is InChI=1S/C23H29N5O2/c1-4-27(15-17-14-24-28(5-2)16-17)23-20-10-12-30-13-11-21(20)25-22(26-23)18-6-8-19(29-3)9-7-18/h6-9,14,16H,4-5,10-13,15H2,1-3H3. The third-order valence-electron chi connectivity index (χ3n) is 5.46. The number of anilines is 1. The van der Waals surface area contributed by atoms with Gasteiger partial charge in [0.2, 0.25) is 0 Å². The van der Waals surface area contributed by atoms with Crippen molar-refractivity contribution in [3.8, 4) is 17.1 Å². The molecule has 3 heterocycles. The molecule has 0 atom stereocenters. The number of fused-ring (bicyclic) bond motifs is 1. The third kappa shape index (κ3) is 4.31. The van der Waals surface area contributed by atoms with Crippen LogP contribution in [0.15, 0.2) is 36.7 Å². The fourth-order valence-corrected chi connectivity index (χ4v) is 3.77. The largest absolute Gasteiger partial charge is 0.497 e. The topological polar surface area (TPSA) is 65.3 Å². The molecule has 0 radical (unpaired) electrons. The Balaban J connectivity index is 1.75. The minimum Gasteiger partial charge on any atom is -0.497 e. The van der Waals surface area contributed by atoms with Crippen molar-refractivity contribution in [3.63, 3.8) is 0 Å². The summed E-state index contributed by atoms with van der Waals surface area (Å²) in [5.74, 6) is 2.57. The van der Waals surface area contributed by atoms with E-state index in [1.165, 1.54) is 11.1 Å². The van der Waals surface area contributed by atoms with Gasteiger partial charge < -0.3 is 14.4 Å². The smallest absolute Gasteiger partial charge is 0.161 e. The molecule has 0 N–H and O–H groups in total. The maximum absolute atomic E-state index is 5.74. The quantitative estimate of drug-likeness (QED) is 0.597. The van der Waals surface area contributed by atoms with Gasteiger partial charge in [0, 0.05) is 55.4 Å². The third-order valence-corrected chi connectivity index (χ3v) is 5.46. The van der Waals surface area contributed by atoms with Gasteiger partial charge >= 0.3 is 0 Å². The zero-order valence-electron chi connectivity index (χ0n) is 18.0. The second-order valence-corrected chi connectivity index (χ2v) is 7.36. The van der Waals surface area contributed by atoms with Crippen LogP contribution in [0.2, 0.25) is 0 Å². The highest BCUT2D eigenvalue weighted by molar-refractivity contribution is 5.62. The van der Waals surface area contributed by atoms with Crippen LogP contribution >= 0.6 is 0 Å². The SMILES string of the molecule is CCN(Cc1cnn(CC)c1)c1nc(-c2ccc(OC)cc2)nc2c1CCOCC2. The number of methoxy groups -OCH3 is 1. The van der Waals surface area contributed by atoms with Crippen LogP contribution in [0.25, 0.3) is 11.4 Å². The first-order chi connectivity index (χ1) is 14.7. The Bertz CT molecular complexity index is 984. The van der Waals surface area contributed by atoms with E-state index in [1.807, 2.05) is 35.1 Å². The van der Waals surface area contributed by atoms with Crippen LogP contribution < -0.4 is 9.64 Å². The fourth-order valence-electron chi connectivity index (χ4n) is 3.77. The molecular formula is C23H29N5O2. The van der Waals surface area contributed by atoms with Gasteiger partial charge in [-0.25, -0.2) is 9.97 Å². The Morgan fingerprint density at radius 2 is 1.90 bits per heavy atom. The van der Waals surface area contributed by atoms with Gasteiger partial charge in [0.25, 0.3) is 0 Å². The summed E-state index contributed by atoms with van der Waals surface area (Å²) in [7, 11) is 1.67. The lowest BCUT2D eigenvalue weighted by Crippen LogP contribution is -2.25. The van der Waals surface area contributed by atoms with E-state index >= 15 is 0 Å². The molecule has 0 spiro atoms. The van der Waals surface area contributed by atoms with Gasteiger partial charge in [-0.1, -0.05) is 0 Å². The van der Waals surface area contributed by atoms with Crippen LogP contribution in [0.4, 0.5) is 5.82 Å². The number of hydrogen-bond donors (Lipinski definition) is 0. The van der Waals surface area contributed by atoms with E-state index in [0.717, 1.165) is 61.1 Å². The number of nitrogens with zero attached hydrogens (tertiary/aromatic N) is 5. The number of aryl methyl sites for hydroxylation is 1. The molecule has 3 aromatic rings. The highest BCUT2D eigenvalue weighted by Crippen LogP contribution is 2.29. The summed E-state index contributed by atoms with van der Waals surface area (Å²) >= 11 is 0. The molecule has 0 amide bonds. The van der Waals surface area contributed by atoms with E-state index in [2.05, 4.69) is 30.0 Å². The molecule has 0 saturated heterocycles. The maximum Gasteiger partial charge on any atom is 0.161 e. The normalized spacial score (nSPS) is 13.6. The summed E-state index contributed by atoms with van der Waals surface area (Å²) in [6.45, 7) is 8.15. The minimum atomic E-state index is 0.695. The van der Waals surface area contributed by atoms with Crippen LogP contribution in [0, 0.1) is 0 Å². The van der Waals surface area contributed by atoms with E-state index in [1.54, 1.807) is 7.11 Å². The first-order valence-corrected chi connectivity index (χ1v) is 10.6. The highest BCUT2D eigenvalue weighted by atomic mass is 16.5. The van der Waals surface area contributed by atoms with Crippen LogP contribution in [0.3, 0.4) is 0 Å². The van der Waals surface area contributed by atoms with E-state index in [9.17, 15) is 0 Å². The van der Waals surface area contributed by atoms with Crippen molar-refractivity contribution in [3.05, 3.63) is 53.5 Å². The van der Waals surface area contributed by atoms with Gasteiger partial charge in [0.15, 0.2) is 5.82 Å². The Kier molecular flexibility index (Phi) is 6.28. The molecule has 0 aliphatic carbocycles. The lowest BCUT2D eigenvalue weighted by molar-refractivity contribution is 0.146. The molecular weight excluding hydrogens is 378 g/mol. The molecule has 0 fully saturated rings. The van der Waals surface area contributed by atoms with Crippen LogP contribution in [-0.2, 0) is 30.7 Å². The van der Waals surface area contributed by atoms with E-state index in [0.29, 0.717) is 13.2 Å². The van der Waals surface area contributed by atoms with Crippen molar-refractivity contribution in [1.29, 1.82) is 0 Å². The van der Waals surface area contributed by atoms with Gasteiger partial charge in [0.1, 0.15) is 11.6 Å². The molecule has 158 valence electrons. The molecule has 4 rings (SSSR count). The van der Waals surface area contributed by atoms with Gasteiger partial charge in [0.05, 0.1) is 32.2 Å². The van der Waals surface area contributed by atoms with E-state index in [-0.39, 0.29) is 0 Å². The highest BCUT2D eigenvalue weighted by Gasteiger charge is 2.21. The monoisotopic (exact) mass is 407 g/mol. The molecule has 7 heteroatoms. The van der Waals surface area contributed by atoms with Gasteiger partial charge in [-0.15, -0.1) is 0 Å². The molecule has 1 aliphatic heterocycles. The van der Waals surface area contributed by atoms with Crippen LogP contribution in [0.1, 0.15) is 30.7 Å². The lowest BCUT2D eigenvalue weighted by Gasteiger charge is -2.25. The molecule has 0 saturated carbocycles. The van der Waals surface area contributed by atoms with Gasteiger partial charge in [-0.2, -0.15) is 5.10 Å². The zero-order chi connectivity index (χ0) is 20.9. The van der Waals surface area contributed by atoms with Crippen molar-refractivity contribution in [2.24, 2.45) is 0 Å². The van der Waals surface area contributed by atoms with E-state index in [4.69, 9.17) is 19.4 Å².